The first kappa shape index (κ1) is 32.4. The Labute approximate surface area is 249 Å². The van der Waals surface area contributed by atoms with Gasteiger partial charge in [0.2, 0.25) is 0 Å². The Morgan fingerprint density at radius 3 is 2.58 bits per heavy atom. The molecule has 0 amide bonds. The van der Waals surface area contributed by atoms with Crippen molar-refractivity contribution in [3.8, 4) is 17.6 Å². The fraction of sp³-hybridized carbons (Fsp3) is 0.483. The van der Waals surface area contributed by atoms with Gasteiger partial charge in [0.05, 0.1) is 54.8 Å². The number of nitrogens with zero attached hydrogens (tertiary/aromatic N) is 3. The molecule has 3 N–H and O–H groups in total. The van der Waals surface area contributed by atoms with Crippen LogP contribution in [-0.2, 0) is 21.0 Å². The highest BCUT2D eigenvalue weighted by molar-refractivity contribution is 7.90. The van der Waals surface area contributed by atoms with Gasteiger partial charge in [-0.05, 0) is 43.0 Å². The van der Waals surface area contributed by atoms with Gasteiger partial charge in [0, 0.05) is 51.3 Å². The second-order valence-electron chi connectivity index (χ2n) is 10.4. The Bertz CT molecular complexity index is 1570. The van der Waals surface area contributed by atoms with Crippen molar-refractivity contribution < 1.29 is 36.2 Å². The minimum atomic E-state index is -4.47. The Kier molecular flexibility index (Phi) is 10.4. The quantitative estimate of drug-likeness (QED) is 0.277. The number of rotatable bonds is 11. The van der Waals surface area contributed by atoms with Crippen molar-refractivity contribution in [2.45, 2.75) is 42.5 Å². The Hall–Kier alpha value is -3.51. The Morgan fingerprint density at radius 2 is 1.93 bits per heavy atom. The monoisotopic (exact) mass is 623 g/mol. The normalized spacial score (nSPS) is 15.6. The molecule has 4 rings (SSSR count). The molecule has 2 aromatic heterocycles. The summed E-state index contributed by atoms with van der Waals surface area (Å²) in [6, 6.07) is 7.92. The molecule has 3 aromatic rings. The molecule has 0 radical (unpaired) electrons. The Balaban J connectivity index is 1.51. The zero-order valence-corrected chi connectivity index (χ0v) is 25.1. The zero-order valence-electron chi connectivity index (χ0n) is 24.2. The molecule has 1 aromatic carbocycles. The first-order valence-electron chi connectivity index (χ1n) is 13.7. The maximum atomic E-state index is 13.6. The molecule has 10 nitrogen and oxygen atoms in total. The van der Waals surface area contributed by atoms with Gasteiger partial charge in [-0.1, -0.05) is 5.92 Å². The van der Waals surface area contributed by atoms with Crippen LogP contribution in [0.25, 0.3) is 5.65 Å². The molecule has 0 spiro atoms. The molecule has 0 aliphatic carbocycles. The summed E-state index contributed by atoms with van der Waals surface area (Å²) in [4.78, 5) is 6.76. The van der Waals surface area contributed by atoms with Crippen LogP contribution in [0.4, 0.5) is 24.5 Å². The van der Waals surface area contributed by atoms with Crippen molar-refractivity contribution in [1.29, 1.82) is 0 Å². The minimum Gasteiger partial charge on any atom is -0.495 e. The molecular weight excluding hydrogens is 587 g/mol. The number of aromatic nitrogens is 2. The first-order valence-corrected chi connectivity index (χ1v) is 15.6. The number of imidazole rings is 1. The number of hydrogen-bond donors (Lipinski definition) is 3. The number of alkyl halides is 3. The van der Waals surface area contributed by atoms with Crippen LogP contribution < -0.4 is 15.4 Å². The third kappa shape index (κ3) is 8.76. The number of methoxy groups -OCH3 is 2. The molecule has 1 aliphatic heterocycles. The highest BCUT2D eigenvalue weighted by Gasteiger charge is 2.32. The van der Waals surface area contributed by atoms with Gasteiger partial charge in [0.15, 0.2) is 15.5 Å². The summed E-state index contributed by atoms with van der Waals surface area (Å²) >= 11 is 0. The molecule has 0 bridgehead atoms. The average molecular weight is 624 g/mol. The van der Waals surface area contributed by atoms with E-state index >= 15 is 0 Å². The molecule has 1 fully saturated rings. The van der Waals surface area contributed by atoms with E-state index in [9.17, 15) is 26.7 Å². The van der Waals surface area contributed by atoms with Crippen LogP contribution in [0, 0.1) is 11.8 Å². The van der Waals surface area contributed by atoms with Crippen LogP contribution in [0.3, 0.4) is 0 Å². The number of nitrogens with one attached hydrogen (secondary N) is 2. The lowest BCUT2D eigenvalue weighted by Crippen LogP contribution is -2.43. The topological polar surface area (TPSA) is 117 Å². The van der Waals surface area contributed by atoms with Crippen molar-refractivity contribution in [2.24, 2.45) is 0 Å². The number of likely N-dealkylation sites (tertiary alicyclic amines) is 1. The summed E-state index contributed by atoms with van der Waals surface area (Å²) < 4.78 is 76.1. The second-order valence-corrected chi connectivity index (χ2v) is 12.4. The first-order chi connectivity index (χ1) is 20.4. The molecule has 1 aliphatic rings. The average Bonchev–Trinajstić information content (AvgIpc) is 3.28. The van der Waals surface area contributed by atoms with Gasteiger partial charge in [-0.3, -0.25) is 0 Å². The Morgan fingerprint density at radius 1 is 1.19 bits per heavy atom. The summed E-state index contributed by atoms with van der Waals surface area (Å²) in [5, 5.41) is 16.5. The molecule has 1 saturated heterocycles. The minimum absolute atomic E-state index is 0.0229. The number of fused-ring (bicyclic) bond motifs is 1. The number of piperidine rings is 1. The van der Waals surface area contributed by atoms with Crippen LogP contribution in [-0.4, -0.2) is 99.4 Å². The molecule has 1 atom stereocenters. The van der Waals surface area contributed by atoms with Crippen molar-refractivity contribution in [3.05, 3.63) is 47.9 Å². The van der Waals surface area contributed by atoms with E-state index < -0.39 is 28.5 Å². The number of halogens is 3. The fourth-order valence-electron chi connectivity index (χ4n) is 5.03. The third-order valence-electron chi connectivity index (χ3n) is 7.07. The van der Waals surface area contributed by atoms with E-state index in [2.05, 4.69) is 32.4 Å². The number of benzene rings is 1. The predicted molar refractivity (Wildman–Crippen MR) is 157 cm³/mol. The van der Waals surface area contributed by atoms with Crippen molar-refractivity contribution >= 4 is 26.9 Å². The number of aliphatic hydroxyl groups excluding tert-OH is 1. The highest BCUT2D eigenvalue weighted by atomic mass is 32.2. The van der Waals surface area contributed by atoms with E-state index in [-0.39, 0.29) is 35.5 Å². The molecule has 0 saturated carbocycles. The lowest BCUT2D eigenvalue weighted by atomic mass is 10.0. The van der Waals surface area contributed by atoms with Gasteiger partial charge < -0.3 is 34.5 Å². The standard InChI is InChI=1S/C29H36F3N5O5S/c1-41-19-21(38)18-36-14-10-20(11-15-36)34-25-7-5-13-37-26(17-29(30,31)32)23(35-28(25)37)6-4-12-33-24-9-8-22(43(3,39)40)16-27(24)42-2/h5,7-9,13,16,20-21,33-34,38H,10-12,14-15,17-19H2,1-3H3/t21-/m0/s1. The van der Waals surface area contributed by atoms with Crippen LogP contribution in [0.1, 0.15) is 24.2 Å². The highest BCUT2D eigenvalue weighted by Crippen LogP contribution is 2.29. The van der Waals surface area contributed by atoms with Crippen molar-refractivity contribution in [1.82, 2.24) is 14.3 Å². The van der Waals surface area contributed by atoms with Crippen molar-refractivity contribution in [3.63, 3.8) is 0 Å². The smallest absolute Gasteiger partial charge is 0.394 e. The van der Waals surface area contributed by atoms with Gasteiger partial charge >= 0.3 is 6.18 Å². The number of ether oxygens (including phenoxy) is 2. The molecule has 234 valence electrons. The maximum absolute atomic E-state index is 13.6. The maximum Gasteiger partial charge on any atom is 0.394 e. The van der Waals surface area contributed by atoms with Gasteiger partial charge in [0.1, 0.15) is 11.4 Å². The van der Waals surface area contributed by atoms with Crippen LogP contribution >= 0.6 is 0 Å². The molecule has 0 unspecified atom stereocenters. The molecular formula is C29H36F3N5O5S. The van der Waals surface area contributed by atoms with Crippen LogP contribution in [0.2, 0.25) is 0 Å². The zero-order chi connectivity index (χ0) is 31.2. The molecule has 14 heteroatoms. The van der Waals surface area contributed by atoms with Gasteiger partial charge in [-0.25, -0.2) is 13.4 Å². The number of aliphatic hydroxyl groups is 1. The number of pyridine rings is 1. The summed E-state index contributed by atoms with van der Waals surface area (Å²) in [6.45, 7) is 2.37. The predicted octanol–water partition coefficient (Wildman–Crippen LogP) is 3.20. The van der Waals surface area contributed by atoms with Gasteiger partial charge in [0.25, 0.3) is 0 Å². The van der Waals surface area contributed by atoms with Gasteiger partial charge in [-0.2, -0.15) is 13.2 Å². The van der Waals surface area contributed by atoms with E-state index in [4.69, 9.17) is 9.47 Å². The second kappa shape index (κ2) is 13.9. The van der Waals surface area contributed by atoms with E-state index in [0.717, 1.165) is 32.2 Å². The molecule has 43 heavy (non-hydrogen) atoms. The van der Waals surface area contributed by atoms with Crippen LogP contribution in [0.15, 0.2) is 41.4 Å². The molecule has 3 heterocycles. The summed E-state index contributed by atoms with van der Waals surface area (Å²) in [7, 11) is -0.477. The number of β-amino-alcohol motifs (C(OH)–C–C–N with tert-alkyl or cyclic N) is 1. The van der Waals surface area contributed by atoms with E-state index in [1.54, 1.807) is 31.5 Å². The summed E-state index contributed by atoms with van der Waals surface area (Å²) in [5.41, 5.74) is 1.42. The fourth-order valence-corrected chi connectivity index (χ4v) is 5.66. The largest absolute Gasteiger partial charge is 0.495 e. The van der Waals surface area contributed by atoms with Crippen molar-refractivity contribution in [2.75, 3.05) is 63.9 Å². The number of sulfone groups is 1. The summed E-state index contributed by atoms with van der Waals surface area (Å²) in [6.07, 6.45) is -1.99. The van der Waals surface area contributed by atoms with E-state index in [0.29, 0.717) is 29.3 Å². The number of anilines is 2. The lowest BCUT2D eigenvalue weighted by molar-refractivity contribution is -0.128. The SMILES string of the molecule is COC[C@@H](O)CN1CCC(Nc2cccn3c(CC(F)(F)F)c(C#CCNc4ccc(S(C)(=O)=O)cc4OC)nc23)CC1. The number of hydrogen-bond acceptors (Lipinski definition) is 9. The summed E-state index contributed by atoms with van der Waals surface area (Å²) in [5.74, 6) is 5.91. The van der Waals surface area contributed by atoms with Gasteiger partial charge in [-0.15, -0.1) is 0 Å². The van der Waals surface area contributed by atoms with E-state index in [1.807, 2.05) is 0 Å². The lowest BCUT2D eigenvalue weighted by Gasteiger charge is -2.33. The van der Waals surface area contributed by atoms with E-state index in [1.165, 1.54) is 23.6 Å². The third-order valence-corrected chi connectivity index (χ3v) is 8.18. The van der Waals surface area contributed by atoms with Crippen LogP contribution in [0.5, 0.6) is 5.75 Å².